The Labute approximate surface area is 136 Å². The van der Waals surface area contributed by atoms with Crippen molar-refractivity contribution in [1.82, 2.24) is 10.2 Å². The summed E-state index contributed by atoms with van der Waals surface area (Å²) in [4.78, 5) is 14.5. The summed E-state index contributed by atoms with van der Waals surface area (Å²) in [7, 11) is 0. The van der Waals surface area contributed by atoms with E-state index in [0.717, 1.165) is 32.4 Å². The Kier molecular flexibility index (Phi) is 7.43. The Morgan fingerprint density at radius 2 is 2.10 bits per heavy atom. The van der Waals surface area contributed by atoms with E-state index in [9.17, 15) is 9.18 Å². The van der Waals surface area contributed by atoms with Crippen molar-refractivity contribution in [2.75, 3.05) is 19.6 Å². The predicted octanol–water partition coefficient (Wildman–Crippen LogP) is 3.51. The number of amides is 1. The summed E-state index contributed by atoms with van der Waals surface area (Å²) < 4.78 is 13.5. The summed E-state index contributed by atoms with van der Waals surface area (Å²) in [6.07, 6.45) is 2.79. The molecule has 0 atom stereocenters. The normalized spacial score (nSPS) is 15.4. The SMILES string of the molecule is CCCN(C(=O)c1ccc(Cl)c(F)c1)C1CCNCC1.Cl. The highest BCUT2D eigenvalue weighted by Crippen LogP contribution is 2.20. The van der Waals surface area contributed by atoms with Crippen LogP contribution in [0.2, 0.25) is 5.02 Å². The first-order chi connectivity index (χ1) is 9.63. The quantitative estimate of drug-likeness (QED) is 0.913. The number of nitrogens with one attached hydrogen (secondary N) is 1. The van der Waals surface area contributed by atoms with Crippen molar-refractivity contribution in [3.05, 3.63) is 34.6 Å². The molecule has 0 unspecified atom stereocenters. The molecule has 1 fully saturated rings. The fraction of sp³-hybridized carbons (Fsp3) is 0.533. The lowest BCUT2D eigenvalue weighted by Crippen LogP contribution is -2.46. The van der Waals surface area contributed by atoms with E-state index in [0.29, 0.717) is 12.1 Å². The highest BCUT2D eigenvalue weighted by molar-refractivity contribution is 6.30. The molecule has 0 radical (unpaired) electrons. The number of hydrogen-bond acceptors (Lipinski definition) is 2. The molecule has 118 valence electrons. The van der Waals surface area contributed by atoms with Gasteiger partial charge in [0.05, 0.1) is 5.02 Å². The average molecular weight is 335 g/mol. The van der Waals surface area contributed by atoms with Crippen LogP contribution in [0.1, 0.15) is 36.5 Å². The molecule has 0 aliphatic carbocycles. The molecule has 1 aliphatic heterocycles. The summed E-state index contributed by atoms with van der Waals surface area (Å²) in [5.74, 6) is -0.645. The maximum atomic E-state index is 13.5. The van der Waals surface area contributed by atoms with Gasteiger partial charge in [-0.1, -0.05) is 18.5 Å². The number of carbonyl (C=O) groups excluding carboxylic acids is 1. The van der Waals surface area contributed by atoms with E-state index >= 15 is 0 Å². The van der Waals surface area contributed by atoms with Gasteiger partial charge < -0.3 is 10.2 Å². The molecule has 1 aromatic carbocycles. The van der Waals surface area contributed by atoms with Gasteiger partial charge in [0.2, 0.25) is 0 Å². The van der Waals surface area contributed by atoms with E-state index in [1.54, 1.807) is 6.07 Å². The molecule has 0 saturated carbocycles. The van der Waals surface area contributed by atoms with Crippen LogP contribution in [0.3, 0.4) is 0 Å². The fourth-order valence-corrected chi connectivity index (χ4v) is 2.72. The van der Waals surface area contributed by atoms with Crippen LogP contribution < -0.4 is 5.32 Å². The van der Waals surface area contributed by atoms with Gasteiger partial charge in [-0.2, -0.15) is 0 Å². The number of nitrogens with zero attached hydrogens (tertiary/aromatic N) is 1. The first-order valence-corrected chi connectivity index (χ1v) is 7.48. The van der Waals surface area contributed by atoms with Crippen LogP contribution in [0.15, 0.2) is 18.2 Å². The zero-order valence-corrected chi connectivity index (χ0v) is 13.6. The highest BCUT2D eigenvalue weighted by Gasteiger charge is 2.25. The van der Waals surface area contributed by atoms with Crippen molar-refractivity contribution < 1.29 is 9.18 Å². The molecule has 1 amide bonds. The van der Waals surface area contributed by atoms with Gasteiger partial charge in [0.1, 0.15) is 5.82 Å². The third-order valence-electron chi connectivity index (χ3n) is 3.64. The molecule has 3 nitrogen and oxygen atoms in total. The summed E-state index contributed by atoms with van der Waals surface area (Å²) in [5.41, 5.74) is 0.374. The smallest absolute Gasteiger partial charge is 0.254 e. The molecule has 2 rings (SSSR count). The third-order valence-corrected chi connectivity index (χ3v) is 3.95. The fourth-order valence-electron chi connectivity index (χ4n) is 2.60. The minimum absolute atomic E-state index is 0. The first kappa shape index (κ1) is 18.2. The molecular formula is C15H21Cl2FN2O. The minimum atomic E-state index is -0.542. The van der Waals surface area contributed by atoms with E-state index in [1.807, 2.05) is 11.8 Å². The van der Waals surface area contributed by atoms with Gasteiger partial charge in [-0.3, -0.25) is 4.79 Å². The summed E-state index contributed by atoms with van der Waals surface area (Å²) in [5, 5.41) is 3.34. The van der Waals surface area contributed by atoms with Gasteiger partial charge in [0.15, 0.2) is 0 Å². The number of halogens is 3. The second-order valence-corrected chi connectivity index (χ2v) is 5.52. The maximum Gasteiger partial charge on any atom is 0.254 e. The maximum absolute atomic E-state index is 13.5. The largest absolute Gasteiger partial charge is 0.336 e. The van der Waals surface area contributed by atoms with Crippen molar-refractivity contribution in [3.8, 4) is 0 Å². The molecule has 1 heterocycles. The van der Waals surface area contributed by atoms with Crippen LogP contribution in [-0.2, 0) is 0 Å². The molecular weight excluding hydrogens is 314 g/mol. The van der Waals surface area contributed by atoms with Crippen LogP contribution in [-0.4, -0.2) is 36.5 Å². The van der Waals surface area contributed by atoms with E-state index in [2.05, 4.69) is 5.32 Å². The van der Waals surface area contributed by atoms with Crippen molar-refractivity contribution >= 4 is 29.9 Å². The molecule has 0 bridgehead atoms. The molecule has 0 aromatic heterocycles. The number of hydrogen-bond donors (Lipinski definition) is 1. The summed E-state index contributed by atoms with van der Waals surface area (Å²) in [6.45, 7) is 4.60. The lowest BCUT2D eigenvalue weighted by Gasteiger charge is -2.34. The second kappa shape index (κ2) is 8.57. The molecule has 1 aliphatic rings. The van der Waals surface area contributed by atoms with Gasteiger partial charge in [0.25, 0.3) is 5.91 Å². The Morgan fingerprint density at radius 1 is 1.43 bits per heavy atom. The van der Waals surface area contributed by atoms with Crippen molar-refractivity contribution in [2.24, 2.45) is 0 Å². The van der Waals surface area contributed by atoms with Crippen LogP contribution in [0.5, 0.6) is 0 Å². The second-order valence-electron chi connectivity index (χ2n) is 5.11. The third kappa shape index (κ3) is 4.56. The van der Waals surface area contributed by atoms with Crippen molar-refractivity contribution in [1.29, 1.82) is 0 Å². The van der Waals surface area contributed by atoms with Gasteiger partial charge in [0, 0.05) is 18.2 Å². The van der Waals surface area contributed by atoms with Crippen molar-refractivity contribution in [3.63, 3.8) is 0 Å². The number of benzene rings is 1. The topological polar surface area (TPSA) is 32.3 Å². The zero-order chi connectivity index (χ0) is 14.5. The monoisotopic (exact) mass is 334 g/mol. The van der Waals surface area contributed by atoms with Crippen LogP contribution in [0.25, 0.3) is 0 Å². The number of carbonyl (C=O) groups is 1. The summed E-state index contributed by atoms with van der Waals surface area (Å²) >= 11 is 5.67. The van der Waals surface area contributed by atoms with E-state index in [-0.39, 0.29) is 29.4 Å². The molecule has 1 saturated heterocycles. The van der Waals surface area contributed by atoms with Gasteiger partial charge in [-0.25, -0.2) is 4.39 Å². The Balaban J connectivity index is 0.00000220. The van der Waals surface area contributed by atoms with Gasteiger partial charge >= 0.3 is 0 Å². The minimum Gasteiger partial charge on any atom is -0.336 e. The Hall–Kier alpha value is -0.840. The first-order valence-electron chi connectivity index (χ1n) is 7.10. The highest BCUT2D eigenvalue weighted by atomic mass is 35.5. The molecule has 1 N–H and O–H groups in total. The predicted molar refractivity (Wildman–Crippen MR) is 85.9 cm³/mol. The molecule has 1 aromatic rings. The standard InChI is InChI=1S/C15H20ClFN2O.ClH/c1-2-9-19(12-5-7-18-8-6-12)15(20)11-3-4-13(16)14(17)10-11;/h3-4,10,12,18H,2,5-9H2,1H3;1H. The molecule has 21 heavy (non-hydrogen) atoms. The molecule has 6 heteroatoms. The van der Waals surface area contributed by atoms with Crippen LogP contribution in [0, 0.1) is 5.82 Å². The van der Waals surface area contributed by atoms with Crippen molar-refractivity contribution in [2.45, 2.75) is 32.2 Å². The Bertz CT molecular complexity index is 479. The van der Waals surface area contributed by atoms with E-state index < -0.39 is 5.82 Å². The number of piperidine rings is 1. The lowest BCUT2D eigenvalue weighted by molar-refractivity contribution is 0.0642. The molecule has 0 spiro atoms. The van der Waals surface area contributed by atoms with E-state index in [4.69, 9.17) is 11.6 Å². The zero-order valence-electron chi connectivity index (χ0n) is 12.1. The number of rotatable bonds is 4. The average Bonchev–Trinajstić information content (AvgIpc) is 2.48. The van der Waals surface area contributed by atoms with Crippen LogP contribution in [0.4, 0.5) is 4.39 Å². The van der Waals surface area contributed by atoms with Crippen LogP contribution >= 0.6 is 24.0 Å². The lowest BCUT2D eigenvalue weighted by atomic mass is 10.0. The van der Waals surface area contributed by atoms with Gasteiger partial charge in [-0.15, -0.1) is 12.4 Å². The van der Waals surface area contributed by atoms with Gasteiger partial charge in [-0.05, 0) is 50.6 Å². The summed E-state index contributed by atoms with van der Waals surface area (Å²) in [6, 6.07) is 4.50. The Morgan fingerprint density at radius 3 is 2.67 bits per heavy atom. The van der Waals surface area contributed by atoms with E-state index in [1.165, 1.54) is 12.1 Å².